The van der Waals surface area contributed by atoms with Gasteiger partial charge in [-0.2, -0.15) is 0 Å². The second-order valence-corrected chi connectivity index (χ2v) is 14.3. The van der Waals surface area contributed by atoms with Gasteiger partial charge in [-0.05, 0) is 70.9 Å². The highest BCUT2D eigenvalue weighted by Gasteiger charge is 2.16. The standard InChI is InChI=1S/C26H22O2S6/c1-33(27)21-13-15-23(25(17-21)29-19-9-5-3-6-10-19)31-32-24-16-14-22(34(2)28)18-26(24)30-20-11-7-4-8-12-20/h3-18H,1-2H3. The van der Waals surface area contributed by atoms with Crippen molar-refractivity contribution in [2.45, 2.75) is 39.2 Å². The first-order valence-corrected chi connectivity index (χ1v) is 17.1. The van der Waals surface area contributed by atoms with E-state index in [0.29, 0.717) is 0 Å². The molecule has 0 aliphatic rings. The summed E-state index contributed by atoms with van der Waals surface area (Å²) in [4.78, 5) is 8.33. The van der Waals surface area contributed by atoms with E-state index in [4.69, 9.17) is 0 Å². The van der Waals surface area contributed by atoms with Crippen LogP contribution in [-0.2, 0) is 22.4 Å². The normalized spacial score (nSPS) is 12.9. The predicted molar refractivity (Wildman–Crippen MR) is 150 cm³/mol. The summed E-state index contributed by atoms with van der Waals surface area (Å²) in [5.41, 5.74) is 0. The maximum absolute atomic E-state index is 12.1. The number of hydrogen-bond acceptors (Lipinski definition) is 6. The van der Waals surface area contributed by atoms with Crippen molar-refractivity contribution in [1.29, 1.82) is 0 Å². The van der Waals surface area contributed by atoms with Gasteiger partial charge in [0, 0.05) is 41.5 Å². The van der Waals surface area contributed by atoms with Gasteiger partial charge in [0.1, 0.15) is 12.5 Å². The molecule has 0 saturated carbocycles. The Kier molecular flexibility index (Phi) is 9.73. The molecule has 0 spiro atoms. The molecule has 0 N–H and O–H groups in total. The summed E-state index contributed by atoms with van der Waals surface area (Å²) in [6.07, 6.45) is 3.42. The minimum atomic E-state index is -1.04. The zero-order valence-electron chi connectivity index (χ0n) is 18.5. The molecule has 174 valence electrons. The van der Waals surface area contributed by atoms with Crippen LogP contribution in [0.4, 0.5) is 0 Å². The molecule has 0 aromatic heterocycles. The van der Waals surface area contributed by atoms with Crippen LogP contribution in [0.15, 0.2) is 136 Å². The van der Waals surface area contributed by atoms with Crippen molar-refractivity contribution in [3.05, 3.63) is 97.1 Å². The fourth-order valence-corrected chi connectivity index (χ4v) is 8.93. The molecule has 2 atom stereocenters. The van der Waals surface area contributed by atoms with Crippen LogP contribution in [0.5, 0.6) is 0 Å². The quantitative estimate of drug-likeness (QED) is 0.152. The second-order valence-electron chi connectivity index (χ2n) is 7.12. The zero-order chi connectivity index (χ0) is 23.9. The lowest BCUT2D eigenvalue weighted by molar-refractivity contribution is 0.599. The lowest BCUT2D eigenvalue weighted by Gasteiger charge is -2.14. The minimum absolute atomic E-state index is 0.822. The summed E-state index contributed by atoms with van der Waals surface area (Å²) >= 11 is 1.28. The van der Waals surface area contributed by atoms with E-state index in [9.17, 15) is 9.11 Å². The Morgan fingerprint density at radius 1 is 0.500 bits per heavy atom. The average molecular weight is 559 g/mol. The van der Waals surface area contributed by atoms with Crippen molar-refractivity contribution in [3.63, 3.8) is 0 Å². The maximum atomic E-state index is 12.1. The lowest BCUT2D eigenvalue weighted by atomic mass is 10.4. The third-order valence-electron chi connectivity index (χ3n) is 4.66. The highest BCUT2D eigenvalue weighted by Crippen LogP contribution is 2.47. The van der Waals surface area contributed by atoms with E-state index in [1.165, 1.54) is 0 Å². The predicted octanol–water partition coefficient (Wildman–Crippen LogP) is 8.26. The van der Waals surface area contributed by atoms with Crippen LogP contribution < -0.4 is 0 Å². The first-order chi connectivity index (χ1) is 16.5. The van der Waals surface area contributed by atoms with E-state index in [2.05, 4.69) is 36.4 Å². The van der Waals surface area contributed by atoms with E-state index in [1.807, 2.05) is 60.7 Å². The van der Waals surface area contributed by atoms with Crippen molar-refractivity contribution in [2.24, 2.45) is 0 Å². The van der Waals surface area contributed by atoms with E-state index < -0.39 is 22.4 Å². The summed E-state index contributed by atoms with van der Waals surface area (Å²) in [5, 5.41) is 0. The number of rotatable bonds is 9. The van der Waals surface area contributed by atoms with Gasteiger partial charge in [0.25, 0.3) is 0 Å². The van der Waals surface area contributed by atoms with Crippen molar-refractivity contribution >= 4 is 67.5 Å². The molecule has 0 bridgehead atoms. The van der Waals surface area contributed by atoms with Gasteiger partial charge in [-0.3, -0.25) is 0 Å². The third kappa shape index (κ3) is 7.21. The van der Waals surface area contributed by atoms with Crippen LogP contribution in [0, 0.1) is 0 Å². The van der Waals surface area contributed by atoms with Crippen molar-refractivity contribution in [1.82, 2.24) is 0 Å². The van der Waals surface area contributed by atoms with E-state index >= 15 is 0 Å². The summed E-state index contributed by atoms with van der Waals surface area (Å²) in [7, 11) is 3.37. The molecule has 0 saturated heterocycles. The second kappa shape index (κ2) is 12.7. The number of hydrogen-bond donors (Lipinski definition) is 0. The first kappa shape index (κ1) is 26.0. The highest BCUT2D eigenvalue weighted by atomic mass is 33.1. The van der Waals surface area contributed by atoms with Gasteiger partial charge in [-0.1, -0.05) is 81.5 Å². The molecule has 0 amide bonds. The van der Waals surface area contributed by atoms with Gasteiger partial charge in [0.15, 0.2) is 9.79 Å². The zero-order valence-corrected chi connectivity index (χ0v) is 23.4. The third-order valence-corrected chi connectivity index (χ3v) is 11.4. The smallest absolute Gasteiger partial charge is 0.153 e. The molecule has 4 aromatic rings. The molecule has 34 heavy (non-hydrogen) atoms. The molecule has 0 aliphatic heterocycles. The molecule has 0 radical (unpaired) electrons. The van der Waals surface area contributed by atoms with Crippen molar-refractivity contribution < 1.29 is 9.11 Å². The Balaban J connectivity index is 1.61. The van der Waals surface area contributed by atoms with E-state index in [1.54, 1.807) is 57.6 Å². The van der Waals surface area contributed by atoms with Crippen LogP contribution in [0.3, 0.4) is 0 Å². The molecule has 8 heteroatoms. The topological polar surface area (TPSA) is 46.1 Å². The SMILES string of the molecule is C[S+]([O-])c1ccc(SSc2ccc([S+](C)[O-])cc2Sc2ccccc2)c(Sc2ccccc2)c1. The minimum Gasteiger partial charge on any atom is -0.612 e. The monoisotopic (exact) mass is 558 g/mol. The summed E-state index contributed by atoms with van der Waals surface area (Å²) in [6.45, 7) is 0. The molecule has 4 aromatic carbocycles. The maximum Gasteiger partial charge on any atom is 0.153 e. The molecule has 0 aliphatic carbocycles. The Morgan fingerprint density at radius 3 is 1.24 bits per heavy atom. The Hall–Kier alpha value is -1.10. The summed E-state index contributed by atoms with van der Waals surface area (Å²) < 4.78 is 24.2. The fourth-order valence-electron chi connectivity index (χ4n) is 2.95. The fraction of sp³-hybridized carbons (Fsp3) is 0.0769. The molecule has 0 heterocycles. The highest BCUT2D eigenvalue weighted by molar-refractivity contribution is 8.76. The molecule has 0 fully saturated rings. The van der Waals surface area contributed by atoms with Crippen molar-refractivity contribution in [3.8, 4) is 0 Å². The molecular formula is C26H22O2S6. The van der Waals surface area contributed by atoms with Crippen LogP contribution in [-0.4, -0.2) is 21.6 Å². The van der Waals surface area contributed by atoms with Gasteiger partial charge >= 0.3 is 0 Å². The lowest BCUT2D eigenvalue weighted by Crippen LogP contribution is -1.97. The van der Waals surface area contributed by atoms with Crippen LogP contribution in [0.25, 0.3) is 0 Å². The van der Waals surface area contributed by atoms with Crippen LogP contribution in [0.2, 0.25) is 0 Å². The summed E-state index contributed by atoms with van der Waals surface area (Å²) in [5.74, 6) is 0. The van der Waals surface area contributed by atoms with Crippen molar-refractivity contribution in [2.75, 3.05) is 12.5 Å². The largest absolute Gasteiger partial charge is 0.612 e. The van der Waals surface area contributed by atoms with Gasteiger partial charge in [0.2, 0.25) is 0 Å². The Bertz CT molecular complexity index is 1120. The van der Waals surface area contributed by atoms with Gasteiger partial charge in [-0.25, -0.2) is 0 Å². The van der Waals surface area contributed by atoms with Gasteiger partial charge in [-0.15, -0.1) is 0 Å². The van der Waals surface area contributed by atoms with Gasteiger partial charge in [0.05, 0.1) is 0 Å². The van der Waals surface area contributed by atoms with E-state index in [-0.39, 0.29) is 0 Å². The molecule has 4 rings (SSSR count). The Labute approximate surface area is 223 Å². The van der Waals surface area contributed by atoms with Crippen LogP contribution in [0.1, 0.15) is 0 Å². The molecule has 2 unspecified atom stereocenters. The van der Waals surface area contributed by atoms with Crippen LogP contribution >= 0.6 is 45.1 Å². The first-order valence-electron chi connectivity index (χ1n) is 10.2. The average Bonchev–Trinajstić information content (AvgIpc) is 2.85. The Morgan fingerprint density at radius 2 is 0.882 bits per heavy atom. The summed E-state index contributed by atoms with van der Waals surface area (Å²) in [6, 6.07) is 32.5. The molecule has 2 nitrogen and oxygen atoms in total. The molecular weight excluding hydrogens is 537 g/mol. The number of benzene rings is 4. The van der Waals surface area contributed by atoms with E-state index in [0.717, 1.165) is 39.2 Å². The van der Waals surface area contributed by atoms with Gasteiger partial charge < -0.3 is 9.11 Å².